The lowest BCUT2D eigenvalue weighted by Gasteiger charge is -2.36. The number of benzene rings is 1. The summed E-state index contributed by atoms with van der Waals surface area (Å²) >= 11 is 0. The lowest BCUT2D eigenvalue weighted by molar-refractivity contribution is 0.121. The van der Waals surface area contributed by atoms with E-state index in [9.17, 15) is 0 Å². The molecule has 1 aliphatic carbocycles. The first-order chi connectivity index (χ1) is 13.3. The van der Waals surface area contributed by atoms with Crippen LogP contribution in [0.1, 0.15) is 17.4 Å². The molecule has 0 radical (unpaired) electrons. The summed E-state index contributed by atoms with van der Waals surface area (Å²) in [5.41, 5.74) is 3.75. The number of hydrogen-bond acceptors (Lipinski definition) is 6. The molecule has 0 amide bonds. The van der Waals surface area contributed by atoms with Gasteiger partial charge in [0.15, 0.2) is 5.82 Å². The van der Waals surface area contributed by atoms with E-state index in [2.05, 4.69) is 67.7 Å². The molecule has 0 spiro atoms. The van der Waals surface area contributed by atoms with Gasteiger partial charge in [-0.2, -0.15) is 0 Å². The van der Waals surface area contributed by atoms with E-state index in [4.69, 9.17) is 0 Å². The van der Waals surface area contributed by atoms with Gasteiger partial charge in [-0.1, -0.05) is 36.4 Å². The Morgan fingerprint density at radius 2 is 1.93 bits per heavy atom. The van der Waals surface area contributed by atoms with Crippen LogP contribution in [0.4, 0.5) is 0 Å². The zero-order valence-electron chi connectivity index (χ0n) is 15.4. The van der Waals surface area contributed by atoms with Gasteiger partial charge >= 0.3 is 0 Å². The fourth-order valence-corrected chi connectivity index (χ4v) is 4.04. The van der Waals surface area contributed by atoms with E-state index in [1.54, 1.807) is 0 Å². The molecule has 1 aromatic carbocycles. The molecule has 7 heteroatoms. The van der Waals surface area contributed by atoms with Crippen LogP contribution in [0.15, 0.2) is 58.7 Å². The number of likely N-dealkylation sites (N-methyl/N-ethyl adjacent to an activating group) is 1. The minimum absolute atomic E-state index is 0.0947. The minimum Gasteiger partial charge on any atom is -0.304 e. The number of rotatable bonds is 5. The third kappa shape index (κ3) is 3.13. The number of aliphatic imine (C=N–C) groups is 1. The maximum atomic E-state index is 4.59. The molecule has 138 valence electrons. The summed E-state index contributed by atoms with van der Waals surface area (Å²) in [5, 5.41) is 12.8. The quantitative estimate of drug-likeness (QED) is 0.808. The Kier molecular flexibility index (Phi) is 4.18. The highest BCUT2D eigenvalue weighted by atomic mass is 15.6. The van der Waals surface area contributed by atoms with Gasteiger partial charge in [-0.15, -0.1) is 5.10 Å². The van der Waals surface area contributed by atoms with E-state index < -0.39 is 0 Å². The third-order valence-corrected chi connectivity index (χ3v) is 5.62. The Morgan fingerprint density at radius 3 is 2.67 bits per heavy atom. The van der Waals surface area contributed by atoms with Crippen LogP contribution in [0, 0.1) is 5.92 Å². The van der Waals surface area contributed by atoms with Gasteiger partial charge in [0.1, 0.15) is 0 Å². The molecule has 2 aliphatic heterocycles. The first-order valence-electron chi connectivity index (χ1n) is 9.48. The van der Waals surface area contributed by atoms with Crippen LogP contribution in [0.3, 0.4) is 0 Å². The second kappa shape index (κ2) is 6.83. The lowest BCUT2D eigenvalue weighted by Crippen LogP contribution is -2.46. The number of allylic oxidation sites excluding steroid dienone is 2. The molecule has 0 bridgehead atoms. The normalized spacial score (nSPS) is 23.5. The van der Waals surface area contributed by atoms with Crippen LogP contribution in [-0.4, -0.2) is 69.4 Å². The van der Waals surface area contributed by atoms with Crippen LogP contribution in [-0.2, 0) is 6.54 Å². The maximum Gasteiger partial charge on any atom is 0.173 e. The van der Waals surface area contributed by atoms with Crippen molar-refractivity contribution in [3.05, 3.63) is 65.1 Å². The van der Waals surface area contributed by atoms with Crippen molar-refractivity contribution in [3.63, 3.8) is 0 Å². The second-order valence-corrected chi connectivity index (χ2v) is 7.40. The molecular weight excluding hydrogens is 338 g/mol. The summed E-state index contributed by atoms with van der Waals surface area (Å²) in [5.74, 6) is 1.27. The molecule has 1 aromatic heterocycles. The first kappa shape index (κ1) is 16.5. The number of tetrazole rings is 1. The van der Waals surface area contributed by atoms with E-state index in [-0.39, 0.29) is 6.04 Å². The second-order valence-electron chi connectivity index (χ2n) is 7.40. The summed E-state index contributed by atoms with van der Waals surface area (Å²) < 4.78 is 1.95. The van der Waals surface area contributed by atoms with Crippen molar-refractivity contribution in [2.24, 2.45) is 10.9 Å². The van der Waals surface area contributed by atoms with Crippen LogP contribution in [0.2, 0.25) is 0 Å². The number of aromatic nitrogens is 4. The number of piperazine rings is 1. The fourth-order valence-electron chi connectivity index (χ4n) is 4.04. The Labute approximate surface area is 158 Å². The Hall–Kier alpha value is -2.64. The number of nitrogens with zero attached hydrogens (tertiary/aromatic N) is 7. The molecular formula is C20H23N7. The molecule has 1 fully saturated rings. The van der Waals surface area contributed by atoms with Gasteiger partial charge in [-0.3, -0.25) is 9.89 Å². The zero-order valence-corrected chi connectivity index (χ0v) is 15.4. The molecule has 1 saturated heterocycles. The Balaban J connectivity index is 1.49. The number of dihydropyridines is 1. The molecule has 2 atom stereocenters. The summed E-state index contributed by atoms with van der Waals surface area (Å²) in [6.45, 7) is 4.82. The Bertz CT molecular complexity index is 903. The summed E-state index contributed by atoms with van der Waals surface area (Å²) in [6.07, 6.45) is 6.15. The van der Waals surface area contributed by atoms with Crippen molar-refractivity contribution in [2.45, 2.75) is 12.6 Å². The smallest absolute Gasteiger partial charge is 0.173 e. The zero-order chi connectivity index (χ0) is 18.2. The van der Waals surface area contributed by atoms with Crippen LogP contribution >= 0.6 is 0 Å². The summed E-state index contributed by atoms with van der Waals surface area (Å²) in [6, 6.07) is 10.5. The van der Waals surface area contributed by atoms with Gasteiger partial charge in [-0.05, 0) is 34.7 Å². The molecule has 3 heterocycles. The first-order valence-corrected chi connectivity index (χ1v) is 9.48. The van der Waals surface area contributed by atoms with Crippen LogP contribution in [0.25, 0.3) is 0 Å². The fraction of sp³-hybridized carbons (Fsp3) is 0.400. The monoisotopic (exact) mass is 361 g/mol. The van der Waals surface area contributed by atoms with Crippen molar-refractivity contribution in [1.82, 2.24) is 30.0 Å². The predicted octanol–water partition coefficient (Wildman–Crippen LogP) is 1.53. The van der Waals surface area contributed by atoms with Crippen LogP contribution in [0.5, 0.6) is 0 Å². The number of fused-ring (bicyclic) bond motifs is 1. The van der Waals surface area contributed by atoms with Crippen molar-refractivity contribution in [2.75, 3.05) is 33.2 Å². The van der Waals surface area contributed by atoms with Gasteiger partial charge in [0.05, 0.1) is 18.3 Å². The van der Waals surface area contributed by atoms with Gasteiger partial charge in [0.2, 0.25) is 0 Å². The Morgan fingerprint density at radius 1 is 1.11 bits per heavy atom. The van der Waals surface area contributed by atoms with Gasteiger partial charge in [0, 0.05) is 38.3 Å². The highest BCUT2D eigenvalue weighted by molar-refractivity contribution is 5.77. The molecule has 0 saturated carbocycles. The van der Waals surface area contributed by atoms with Crippen molar-refractivity contribution in [3.8, 4) is 0 Å². The number of hydrogen-bond donors (Lipinski definition) is 0. The van der Waals surface area contributed by atoms with E-state index >= 15 is 0 Å². The molecule has 27 heavy (non-hydrogen) atoms. The van der Waals surface area contributed by atoms with Gasteiger partial charge in [0.25, 0.3) is 0 Å². The molecule has 3 aliphatic rings. The van der Waals surface area contributed by atoms with Crippen molar-refractivity contribution < 1.29 is 0 Å². The van der Waals surface area contributed by atoms with E-state index in [0.717, 1.165) is 32.0 Å². The average Bonchev–Trinajstić information content (AvgIpc) is 3.24. The highest BCUT2D eigenvalue weighted by Gasteiger charge is 2.46. The lowest BCUT2D eigenvalue weighted by atomic mass is 10.1. The molecule has 2 aromatic rings. The summed E-state index contributed by atoms with van der Waals surface area (Å²) in [4.78, 5) is 9.47. The van der Waals surface area contributed by atoms with Crippen LogP contribution < -0.4 is 0 Å². The van der Waals surface area contributed by atoms with E-state index in [1.165, 1.54) is 16.8 Å². The summed E-state index contributed by atoms with van der Waals surface area (Å²) in [7, 11) is 2.18. The topological polar surface area (TPSA) is 62.4 Å². The van der Waals surface area contributed by atoms with Gasteiger partial charge in [-0.25, -0.2) is 4.68 Å². The third-order valence-electron chi connectivity index (χ3n) is 5.62. The molecule has 0 N–H and O–H groups in total. The molecule has 5 rings (SSSR count). The van der Waals surface area contributed by atoms with Crippen molar-refractivity contribution >= 4 is 6.21 Å². The van der Waals surface area contributed by atoms with E-state index in [0.29, 0.717) is 12.5 Å². The maximum absolute atomic E-state index is 4.59. The standard InChI is InChI=1S/C20H23N7/c1-25-10-12-26(13-11-25)19(17-16-8-5-9-21-18(16)17)20-22-23-24-27(20)14-15-6-3-2-4-7-15/h2-9,16,19H,10-14H2,1H3/t16-,19?/m0/s1. The highest BCUT2D eigenvalue weighted by Crippen LogP contribution is 2.51. The van der Waals surface area contributed by atoms with Crippen molar-refractivity contribution in [1.29, 1.82) is 0 Å². The van der Waals surface area contributed by atoms with Gasteiger partial charge < -0.3 is 4.90 Å². The average molecular weight is 361 g/mol. The molecule has 1 unspecified atom stereocenters. The molecule has 7 nitrogen and oxygen atoms in total. The predicted molar refractivity (Wildman–Crippen MR) is 103 cm³/mol. The largest absolute Gasteiger partial charge is 0.304 e. The minimum atomic E-state index is 0.0947. The SMILES string of the molecule is CN1CCN(C(C2=C3N=CC=C[C@H]32)c2nnnn2Cc2ccccc2)CC1. The van der Waals surface area contributed by atoms with E-state index in [1.807, 2.05) is 23.0 Å².